The fourth-order valence-corrected chi connectivity index (χ4v) is 2.96. The summed E-state index contributed by atoms with van der Waals surface area (Å²) in [5, 5.41) is 6.92. The SMILES string of the molecule is Cc1cc(NC(=O)CN(CC2CCCO2)C(=O)COc2ccc(Cl)cc2)no1. The molecule has 1 saturated heterocycles. The van der Waals surface area contributed by atoms with E-state index in [1.807, 2.05) is 0 Å². The van der Waals surface area contributed by atoms with Gasteiger partial charge in [0.05, 0.1) is 6.10 Å². The average molecular weight is 408 g/mol. The summed E-state index contributed by atoms with van der Waals surface area (Å²) in [6.45, 7) is 2.40. The summed E-state index contributed by atoms with van der Waals surface area (Å²) in [6.07, 6.45) is 1.71. The van der Waals surface area contributed by atoms with E-state index in [0.717, 1.165) is 12.8 Å². The summed E-state index contributed by atoms with van der Waals surface area (Å²) >= 11 is 5.84. The highest BCUT2D eigenvalue weighted by molar-refractivity contribution is 6.30. The molecule has 2 heterocycles. The molecule has 1 aliphatic rings. The van der Waals surface area contributed by atoms with E-state index in [4.69, 9.17) is 25.6 Å². The molecule has 2 aromatic rings. The minimum Gasteiger partial charge on any atom is -0.484 e. The van der Waals surface area contributed by atoms with Crippen LogP contribution in [0, 0.1) is 6.92 Å². The molecule has 150 valence electrons. The summed E-state index contributed by atoms with van der Waals surface area (Å²) in [5.41, 5.74) is 0. The fourth-order valence-electron chi connectivity index (χ4n) is 2.84. The molecule has 8 nitrogen and oxygen atoms in total. The van der Waals surface area contributed by atoms with Crippen molar-refractivity contribution in [1.82, 2.24) is 10.1 Å². The van der Waals surface area contributed by atoms with Crippen LogP contribution in [0.15, 0.2) is 34.9 Å². The maximum atomic E-state index is 12.7. The van der Waals surface area contributed by atoms with Gasteiger partial charge >= 0.3 is 0 Å². The van der Waals surface area contributed by atoms with E-state index in [9.17, 15) is 9.59 Å². The van der Waals surface area contributed by atoms with E-state index in [-0.39, 0.29) is 31.1 Å². The van der Waals surface area contributed by atoms with Gasteiger partial charge in [0.1, 0.15) is 18.1 Å². The Balaban J connectivity index is 1.58. The first-order valence-electron chi connectivity index (χ1n) is 9.00. The minimum absolute atomic E-state index is 0.0819. The number of ether oxygens (including phenoxy) is 2. The van der Waals surface area contributed by atoms with Gasteiger partial charge in [0.25, 0.3) is 5.91 Å². The molecule has 1 aromatic carbocycles. The van der Waals surface area contributed by atoms with Crippen molar-refractivity contribution in [2.45, 2.75) is 25.9 Å². The Morgan fingerprint density at radius 1 is 1.36 bits per heavy atom. The minimum atomic E-state index is -0.369. The largest absolute Gasteiger partial charge is 0.484 e. The molecule has 0 bridgehead atoms. The maximum Gasteiger partial charge on any atom is 0.261 e. The molecule has 28 heavy (non-hydrogen) atoms. The number of aromatic nitrogens is 1. The number of carbonyl (C=O) groups is 2. The zero-order valence-electron chi connectivity index (χ0n) is 15.5. The molecule has 1 aromatic heterocycles. The lowest BCUT2D eigenvalue weighted by molar-refractivity contribution is -0.138. The quantitative estimate of drug-likeness (QED) is 0.723. The zero-order valence-corrected chi connectivity index (χ0v) is 16.3. The second-order valence-electron chi connectivity index (χ2n) is 6.52. The topological polar surface area (TPSA) is 93.9 Å². The first kappa shape index (κ1) is 20.2. The number of nitrogens with one attached hydrogen (secondary N) is 1. The van der Waals surface area contributed by atoms with Crippen LogP contribution in [0.3, 0.4) is 0 Å². The van der Waals surface area contributed by atoms with E-state index >= 15 is 0 Å². The summed E-state index contributed by atoms with van der Waals surface area (Å²) < 4.78 is 16.1. The first-order valence-corrected chi connectivity index (χ1v) is 9.38. The molecular weight excluding hydrogens is 386 g/mol. The standard InChI is InChI=1S/C19H22ClN3O5/c1-13-9-17(22-28-13)21-18(24)11-23(10-16-3-2-8-26-16)19(25)12-27-15-6-4-14(20)5-7-15/h4-7,9,16H,2-3,8,10-12H2,1H3,(H,21,22,24). The summed E-state index contributed by atoms with van der Waals surface area (Å²) in [6, 6.07) is 8.32. The second kappa shape index (κ2) is 9.57. The molecule has 1 atom stereocenters. The highest BCUT2D eigenvalue weighted by Gasteiger charge is 2.25. The normalized spacial score (nSPS) is 16.0. The lowest BCUT2D eigenvalue weighted by Crippen LogP contribution is -2.44. The lowest BCUT2D eigenvalue weighted by atomic mass is 10.2. The van der Waals surface area contributed by atoms with Gasteiger partial charge in [-0.25, -0.2) is 0 Å². The van der Waals surface area contributed by atoms with Gasteiger partial charge in [-0.15, -0.1) is 0 Å². The van der Waals surface area contributed by atoms with Gasteiger partial charge in [-0.05, 0) is 44.0 Å². The third-order valence-electron chi connectivity index (χ3n) is 4.21. The number of benzene rings is 1. The number of anilines is 1. The third kappa shape index (κ3) is 5.97. The van der Waals surface area contributed by atoms with Crippen LogP contribution < -0.4 is 10.1 Å². The van der Waals surface area contributed by atoms with Crippen LogP contribution in [0.2, 0.25) is 5.02 Å². The Kier molecular flexibility index (Phi) is 6.89. The van der Waals surface area contributed by atoms with E-state index in [1.54, 1.807) is 37.3 Å². The van der Waals surface area contributed by atoms with Gasteiger partial charge in [-0.1, -0.05) is 16.8 Å². The van der Waals surface area contributed by atoms with Gasteiger partial charge < -0.3 is 24.2 Å². The van der Waals surface area contributed by atoms with Crippen LogP contribution in [0.1, 0.15) is 18.6 Å². The molecule has 1 unspecified atom stereocenters. The van der Waals surface area contributed by atoms with Crippen LogP contribution in [-0.2, 0) is 14.3 Å². The molecule has 1 fully saturated rings. The maximum absolute atomic E-state index is 12.7. The predicted octanol–water partition coefficient (Wildman–Crippen LogP) is 2.66. The Bertz CT molecular complexity index is 802. The summed E-state index contributed by atoms with van der Waals surface area (Å²) in [4.78, 5) is 26.4. The molecule has 2 amide bonds. The van der Waals surface area contributed by atoms with Crippen LogP contribution in [0.25, 0.3) is 0 Å². The van der Waals surface area contributed by atoms with Crippen molar-refractivity contribution in [3.8, 4) is 5.75 Å². The fraction of sp³-hybridized carbons (Fsp3) is 0.421. The number of amides is 2. The number of halogens is 1. The van der Waals surface area contributed by atoms with E-state index in [2.05, 4.69) is 10.5 Å². The van der Waals surface area contributed by atoms with E-state index < -0.39 is 0 Å². The monoisotopic (exact) mass is 407 g/mol. The van der Waals surface area contributed by atoms with Gasteiger partial charge in [0, 0.05) is 24.2 Å². The summed E-state index contributed by atoms with van der Waals surface area (Å²) in [7, 11) is 0. The lowest BCUT2D eigenvalue weighted by Gasteiger charge is -2.24. The molecule has 1 N–H and O–H groups in total. The van der Waals surface area contributed by atoms with Gasteiger partial charge in [-0.2, -0.15) is 0 Å². The van der Waals surface area contributed by atoms with Crippen LogP contribution in [0.5, 0.6) is 5.75 Å². The Hall–Kier alpha value is -2.58. The highest BCUT2D eigenvalue weighted by atomic mass is 35.5. The smallest absolute Gasteiger partial charge is 0.261 e. The molecular formula is C19H22ClN3O5. The molecule has 0 saturated carbocycles. The number of aryl methyl sites for hydroxylation is 1. The molecule has 0 radical (unpaired) electrons. The number of carbonyl (C=O) groups excluding carboxylic acids is 2. The van der Waals surface area contributed by atoms with Crippen LogP contribution in [0.4, 0.5) is 5.82 Å². The van der Waals surface area contributed by atoms with Crippen molar-refractivity contribution in [3.63, 3.8) is 0 Å². The number of rotatable bonds is 8. The van der Waals surface area contributed by atoms with Crippen LogP contribution >= 0.6 is 11.6 Å². The third-order valence-corrected chi connectivity index (χ3v) is 4.46. The Labute approximate surface area is 167 Å². The highest BCUT2D eigenvalue weighted by Crippen LogP contribution is 2.17. The number of hydrogen-bond acceptors (Lipinski definition) is 6. The van der Waals surface area contributed by atoms with Gasteiger partial charge in [-0.3, -0.25) is 9.59 Å². The molecule has 1 aliphatic heterocycles. The average Bonchev–Trinajstić information content (AvgIpc) is 3.32. The summed E-state index contributed by atoms with van der Waals surface area (Å²) in [5.74, 6) is 0.740. The van der Waals surface area contributed by atoms with Crippen molar-refractivity contribution in [2.24, 2.45) is 0 Å². The van der Waals surface area contributed by atoms with E-state index in [0.29, 0.717) is 35.5 Å². The van der Waals surface area contributed by atoms with Crippen LogP contribution in [-0.4, -0.2) is 54.3 Å². The molecule has 3 rings (SSSR count). The molecule has 0 spiro atoms. The molecule has 0 aliphatic carbocycles. The van der Waals surface area contributed by atoms with Gasteiger partial charge in [0.15, 0.2) is 12.4 Å². The van der Waals surface area contributed by atoms with Crippen molar-refractivity contribution in [1.29, 1.82) is 0 Å². The predicted molar refractivity (Wildman–Crippen MR) is 102 cm³/mol. The number of hydrogen-bond donors (Lipinski definition) is 1. The van der Waals surface area contributed by atoms with E-state index in [1.165, 1.54) is 4.90 Å². The van der Waals surface area contributed by atoms with Crippen molar-refractivity contribution >= 4 is 29.2 Å². The van der Waals surface area contributed by atoms with Crippen molar-refractivity contribution in [3.05, 3.63) is 41.1 Å². The Morgan fingerprint density at radius 3 is 2.79 bits per heavy atom. The zero-order chi connectivity index (χ0) is 19.9. The van der Waals surface area contributed by atoms with Crippen molar-refractivity contribution < 1.29 is 23.6 Å². The van der Waals surface area contributed by atoms with Crippen molar-refractivity contribution in [2.75, 3.05) is 31.6 Å². The van der Waals surface area contributed by atoms with Gasteiger partial charge in [0.2, 0.25) is 5.91 Å². The first-order chi connectivity index (χ1) is 13.5. The molecule has 9 heteroatoms. The number of nitrogens with zero attached hydrogens (tertiary/aromatic N) is 2. The second-order valence-corrected chi connectivity index (χ2v) is 6.96. The Morgan fingerprint density at radius 2 is 2.14 bits per heavy atom.